The van der Waals surface area contributed by atoms with Gasteiger partial charge in [-0.05, 0) is 40.2 Å². The molecule has 0 radical (unpaired) electrons. The van der Waals surface area contributed by atoms with Gasteiger partial charge in [0.1, 0.15) is 5.54 Å². The van der Waals surface area contributed by atoms with E-state index < -0.39 is 5.54 Å². The Hall–Kier alpha value is -0.650. The van der Waals surface area contributed by atoms with E-state index in [0.29, 0.717) is 19.6 Å². The molecule has 0 aliphatic heterocycles. The van der Waals surface area contributed by atoms with Gasteiger partial charge in [0, 0.05) is 13.0 Å². The summed E-state index contributed by atoms with van der Waals surface area (Å²) in [5.41, 5.74) is -0.594. The van der Waals surface area contributed by atoms with Gasteiger partial charge in [-0.3, -0.25) is 4.79 Å². The van der Waals surface area contributed by atoms with Crippen LogP contribution in [0.15, 0.2) is 0 Å². The predicted octanol–water partition coefficient (Wildman–Crippen LogP) is 1.50. The van der Waals surface area contributed by atoms with E-state index in [4.69, 9.17) is 14.2 Å². The van der Waals surface area contributed by atoms with E-state index in [2.05, 4.69) is 5.32 Å². The fourth-order valence-corrected chi connectivity index (χ4v) is 2.70. The van der Waals surface area contributed by atoms with Gasteiger partial charge in [-0.15, -0.1) is 0 Å². The van der Waals surface area contributed by atoms with Gasteiger partial charge in [0.05, 0.1) is 25.9 Å². The van der Waals surface area contributed by atoms with E-state index >= 15 is 0 Å². The molecule has 112 valence electrons. The van der Waals surface area contributed by atoms with Crippen LogP contribution in [0.3, 0.4) is 0 Å². The van der Waals surface area contributed by atoms with Gasteiger partial charge in [0.15, 0.2) is 0 Å². The number of ether oxygens (including phenoxy) is 3. The van der Waals surface area contributed by atoms with Crippen molar-refractivity contribution in [3.8, 4) is 0 Å². The van der Waals surface area contributed by atoms with Crippen molar-refractivity contribution in [2.75, 3.05) is 27.4 Å². The highest BCUT2D eigenvalue weighted by Gasteiger charge is 2.43. The molecule has 0 spiro atoms. The molecule has 1 rings (SSSR count). The summed E-state index contributed by atoms with van der Waals surface area (Å²) in [5.74, 6) is -0.194. The minimum absolute atomic E-state index is 0.0512. The number of likely N-dealkylation sites (N-methyl/N-ethyl adjacent to an activating group) is 1. The minimum atomic E-state index is -0.594. The molecule has 0 aromatic rings. The van der Waals surface area contributed by atoms with Crippen molar-refractivity contribution in [2.24, 2.45) is 0 Å². The van der Waals surface area contributed by atoms with E-state index in [9.17, 15) is 4.79 Å². The molecule has 1 N–H and O–H groups in total. The van der Waals surface area contributed by atoms with Crippen LogP contribution in [0.4, 0.5) is 0 Å². The zero-order valence-electron chi connectivity index (χ0n) is 12.5. The van der Waals surface area contributed by atoms with Crippen molar-refractivity contribution in [1.29, 1.82) is 0 Å². The van der Waals surface area contributed by atoms with Gasteiger partial charge in [0.25, 0.3) is 0 Å². The summed E-state index contributed by atoms with van der Waals surface area (Å²) < 4.78 is 16.2. The van der Waals surface area contributed by atoms with Crippen molar-refractivity contribution in [2.45, 2.75) is 57.3 Å². The molecule has 5 heteroatoms. The Morgan fingerprint density at radius 1 is 1.53 bits per heavy atom. The second-order valence-corrected chi connectivity index (χ2v) is 5.15. The molecule has 1 saturated carbocycles. The molecule has 5 nitrogen and oxygen atoms in total. The fourth-order valence-electron chi connectivity index (χ4n) is 2.70. The second-order valence-electron chi connectivity index (χ2n) is 5.15. The van der Waals surface area contributed by atoms with Gasteiger partial charge in [-0.1, -0.05) is 0 Å². The lowest BCUT2D eigenvalue weighted by Crippen LogP contribution is -2.55. The molecule has 0 saturated heterocycles. The van der Waals surface area contributed by atoms with E-state index in [1.165, 1.54) is 7.11 Å². The summed E-state index contributed by atoms with van der Waals surface area (Å²) in [6.07, 6.45) is 3.53. The summed E-state index contributed by atoms with van der Waals surface area (Å²) in [5, 5.41) is 3.13. The quantitative estimate of drug-likeness (QED) is 0.712. The number of esters is 1. The first kappa shape index (κ1) is 16.4. The highest BCUT2D eigenvalue weighted by molar-refractivity contribution is 5.80. The monoisotopic (exact) mass is 273 g/mol. The van der Waals surface area contributed by atoms with E-state index in [1.807, 2.05) is 20.9 Å². The van der Waals surface area contributed by atoms with Gasteiger partial charge in [-0.2, -0.15) is 0 Å². The van der Waals surface area contributed by atoms with E-state index in [1.54, 1.807) is 0 Å². The Labute approximate surface area is 116 Å². The van der Waals surface area contributed by atoms with E-state index in [-0.39, 0.29) is 18.2 Å². The molecule has 3 atom stereocenters. The van der Waals surface area contributed by atoms with Gasteiger partial charge >= 0.3 is 5.97 Å². The second kappa shape index (κ2) is 7.82. The van der Waals surface area contributed by atoms with Crippen LogP contribution in [0.5, 0.6) is 0 Å². The highest BCUT2D eigenvalue weighted by Crippen LogP contribution is 2.31. The molecule has 0 aromatic carbocycles. The van der Waals surface area contributed by atoms with Crippen molar-refractivity contribution in [3.05, 3.63) is 0 Å². The Balaban J connectivity index is 2.55. The Morgan fingerprint density at radius 3 is 2.84 bits per heavy atom. The molecule has 1 aliphatic carbocycles. The molecule has 1 fully saturated rings. The third-order valence-corrected chi connectivity index (χ3v) is 3.74. The Kier molecular flexibility index (Phi) is 6.75. The predicted molar refractivity (Wildman–Crippen MR) is 73.1 cm³/mol. The topological polar surface area (TPSA) is 56.8 Å². The normalized spacial score (nSPS) is 28.9. The maximum atomic E-state index is 12.0. The molecular formula is C14H27NO4. The van der Waals surface area contributed by atoms with Crippen molar-refractivity contribution in [3.63, 3.8) is 0 Å². The molecule has 0 amide bonds. The Morgan fingerprint density at radius 2 is 2.26 bits per heavy atom. The standard InChI is InChI=1S/C14H27NO4/c1-5-18-10-11(2)19-12-7-6-8-14(9-12,15-3)13(16)17-4/h11-12,15H,5-10H2,1-4H3. The first-order valence-corrected chi connectivity index (χ1v) is 7.08. The zero-order chi connectivity index (χ0) is 14.3. The molecule has 1 aliphatic rings. The molecule has 3 unspecified atom stereocenters. The third kappa shape index (κ3) is 4.44. The van der Waals surface area contributed by atoms with Crippen molar-refractivity contribution >= 4 is 5.97 Å². The van der Waals surface area contributed by atoms with Crippen LogP contribution in [0, 0.1) is 0 Å². The van der Waals surface area contributed by atoms with Gasteiger partial charge < -0.3 is 19.5 Å². The average Bonchev–Trinajstić information content (AvgIpc) is 2.44. The summed E-state index contributed by atoms with van der Waals surface area (Å²) in [4.78, 5) is 12.0. The first-order valence-electron chi connectivity index (χ1n) is 7.08. The molecule has 0 aromatic heterocycles. The van der Waals surface area contributed by atoms with E-state index in [0.717, 1.165) is 19.3 Å². The number of hydrogen-bond acceptors (Lipinski definition) is 5. The summed E-state index contributed by atoms with van der Waals surface area (Å²) in [6, 6.07) is 0. The number of hydrogen-bond donors (Lipinski definition) is 1. The number of nitrogens with one attached hydrogen (secondary N) is 1. The van der Waals surface area contributed by atoms with Crippen LogP contribution in [0.1, 0.15) is 39.5 Å². The number of carbonyl (C=O) groups is 1. The van der Waals surface area contributed by atoms with Gasteiger partial charge in [0.2, 0.25) is 0 Å². The smallest absolute Gasteiger partial charge is 0.326 e. The zero-order valence-corrected chi connectivity index (χ0v) is 12.5. The average molecular weight is 273 g/mol. The fraction of sp³-hybridized carbons (Fsp3) is 0.929. The lowest BCUT2D eigenvalue weighted by atomic mass is 9.80. The number of methoxy groups -OCH3 is 1. The molecule has 0 heterocycles. The van der Waals surface area contributed by atoms with Crippen molar-refractivity contribution < 1.29 is 19.0 Å². The van der Waals surface area contributed by atoms with Crippen LogP contribution in [-0.2, 0) is 19.0 Å². The summed E-state index contributed by atoms with van der Waals surface area (Å²) >= 11 is 0. The van der Waals surface area contributed by atoms with Gasteiger partial charge in [-0.25, -0.2) is 0 Å². The highest BCUT2D eigenvalue weighted by atomic mass is 16.5. The Bertz CT molecular complexity index is 285. The lowest BCUT2D eigenvalue weighted by Gasteiger charge is -2.39. The summed E-state index contributed by atoms with van der Waals surface area (Å²) in [6.45, 7) is 5.26. The molecular weight excluding hydrogens is 246 g/mol. The molecule has 19 heavy (non-hydrogen) atoms. The number of carbonyl (C=O) groups excluding carboxylic acids is 1. The third-order valence-electron chi connectivity index (χ3n) is 3.74. The largest absolute Gasteiger partial charge is 0.468 e. The van der Waals surface area contributed by atoms with Crippen LogP contribution >= 0.6 is 0 Å². The summed E-state index contributed by atoms with van der Waals surface area (Å²) in [7, 11) is 3.24. The van der Waals surface area contributed by atoms with Crippen LogP contribution in [0.25, 0.3) is 0 Å². The van der Waals surface area contributed by atoms with Crippen LogP contribution in [-0.4, -0.2) is 51.1 Å². The SMILES string of the molecule is CCOCC(C)OC1CCCC(NC)(C(=O)OC)C1. The van der Waals surface area contributed by atoms with Crippen LogP contribution in [0.2, 0.25) is 0 Å². The first-order chi connectivity index (χ1) is 9.07. The maximum absolute atomic E-state index is 12.0. The minimum Gasteiger partial charge on any atom is -0.468 e. The molecule has 0 bridgehead atoms. The lowest BCUT2D eigenvalue weighted by molar-refractivity contribution is -0.154. The maximum Gasteiger partial charge on any atom is 0.326 e. The van der Waals surface area contributed by atoms with Crippen molar-refractivity contribution in [1.82, 2.24) is 5.32 Å². The van der Waals surface area contributed by atoms with Crippen LogP contribution < -0.4 is 5.32 Å². The number of rotatable bonds is 7.